The van der Waals surface area contributed by atoms with Gasteiger partial charge >= 0.3 is 0 Å². The number of nitrogens with zero attached hydrogens (tertiary/aromatic N) is 1. The molecule has 258 valence electrons. The van der Waals surface area contributed by atoms with Crippen molar-refractivity contribution in [3.05, 3.63) is 171 Å². The van der Waals surface area contributed by atoms with E-state index in [1.807, 2.05) is 42.5 Å². The summed E-state index contributed by atoms with van der Waals surface area (Å²) in [6.45, 7) is 9.66. The largest absolute Gasteiger partial charge is 0.337 e. The minimum atomic E-state index is -0.237. The first kappa shape index (κ1) is 31.9. The predicted octanol–water partition coefficient (Wildman–Crippen LogP) is 10.1. The van der Waals surface area contributed by atoms with E-state index in [0.717, 1.165) is 22.8 Å². The van der Waals surface area contributed by atoms with Gasteiger partial charge in [0.25, 0.3) is 0 Å². The van der Waals surface area contributed by atoms with Crippen molar-refractivity contribution in [3.8, 4) is 0 Å². The number of rotatable bonds is 2. The molecule has 4 aliphatic rings. The summed E-state index contributed by atoms with van der Waals surface area (Å²) in [4.78, 5) is 30.5. The van der Waals surface area contributed by atoms with Gasteiger partial charge in [-0.05, 0) is 97.1 Å². The summed E-state index contributed by atoms with van der Waals surface area (Å²) in [5.74, 6) is -0.273. The van der Waals surface area contributed by atoms with Gasteiger partial charge in [0, 0.05) is 33.5 Å². The second-order valence-electron chi connectivity index (χ2n) is 16.4. The number of anilines is 1. The summed E-state index contributed by atoms with van der Waals surface area (Å²) >= 11 is 0. The van der Waals surface area contributed by atoms with E-state index in [1.54, 1.807) is 0 Å². The highest BCUT2D eigenvalue weighted by Gasteiger charge is 2.50. The number of hydrogen-bond acceptors (Lipinski definition) is 3. The summed E-state index contributed by atoms with van der Waals surface area (Å²) in [5.41, 5.74) is 5.73. The van der Waals surface area contributed by atoms with Gasteiger partial charge in [-0.3, -0.25) is 9.59 Å². The quantitative estimate of drug-likeness (QED) is 0.103. The minimum Gasteiger partial charge on any atom is -0.337 e. The molecule has 10 rings (SSSR count). The van der Waals surface area contributed by atoms with Crippen LogP contribution >= 0.6 is 0 Å². The number of hydrogen-bond donors (Lipinski definition) is 0. The zero-order valence-electron chi connectivity index (χ0n) is 30.6. The van der Waals surface area contributed by atoms with Crippen molar-refractivity contribution in [1.29, 1.82) is 0 Å². The lowest BCUT2D eigenvalue weighted by atomic mass is 9.54. The van der Waals surface area contributed by atoms with E-state index in [9.17, 15) is 9.59 Å². The molecular formula is C50H41NO2. The van der Waals surface area contributed by atoms with Crippen LogP contribution in [0.4, 0.5) is 5.69 Å². The van der Waals surface area contributed by atoms with Crippen molar-refractivity contribution in [1.82, 2.24) is 0 Å². The molecule has 0 aromatic heterocycles. The van der Waals surface area contributed by atoms with Crippen LogP contribution in [-0.4, -0.2) is 17.6 Å². The van der Waals surface area contributed by atoms with Gasteiger partial charge in [-0.2, -0.15) is 0 Å². The second-order valence-corrected chi connectivity index (χ2v) is 16.4. The lowest BCUT2D eigenvalue weighted by molar-refractivity contribution is 0.0988. The van der Waals surface area contributed by atoms with Crippen molar-refractivity contribution in [3.63, 3.8) is 0 Å². The summed E-state index contributed by atoms with van der Waals surface area (Å²) in [6.07, 6.45) is 12.8. The summed E-state index contributed by atoms with van der Waals surface area (Å²) < 4.78 is 0. The first-order chi connectivity index (χ1) is 25.6. The van der Waals surface area contributed by atoms with Crippen LogP contribution < -0.4 is 15.3 Å². The van der Waals surface area contributed by atoms with E-state index < -0.39 is 0 Å². The highest BCUT2D eigenvalue weighted by molar-refractivity contribution is 6.40. The zero-order valence-corrected chi connectivity index (χ0v) is 30.6. The third-order valence-electron chi connectivity index (χ3n) is 13.3. The van der Waals surface area contributed by atoms with Crippen LogP contribution in [0.2, 0.25) is 0 Å². The van der Waals surface area contributed by atoms with Crippen LogP contribution in [0, 0.1) is 11.3 Å². The fraction of sp³-hybridized carbons (Fsp3) is 0.200. The van der Waals surface area contributed by atoms with E-state index in [4.69, 9.17) is 0 Å². The third kappa shape index (κ3) is 4.59. The van der Waals surface area contributed by atoms with Gasteiger partial charge < -0.3 is 4.90 Å². The monoisotopic (exact) mass is 687 g/mol. The molecule has 1 heterocycles. The maximum atomic E-state index is 13.9. The Kier molecular flexibility index (Phi) is 6.83. The lowest BCUT2D eigenvalue weighted by Gasteiger charge is -2.54. The summed E-state index contributed by atoms with van der Waals surface area (Å²) in [7, 11) is 0. The number of ketones is 2. The minimum absolute atomic E-state index is 0.0823. The molecule has 53 heavy (non-hydrogen) atoms. The normalized spacial score (nSPS) is 21.1. The Morgan fingerprint density at radius 1 is 0.679 bits per heavy atom. The van der Waals surface area contributed by atoms with Crippen molar-refractivity contribution >= 4 is 61.7 Å². The predicted molar refractivity (Wildman–Crippen MR) is 219 cm³/mol. The summed E-state index contributed by atoms with van der Waals surface area (Å²) in [6, 6.07) is 38.5. The Bertz CT molecular complexity index is 2790. The average molecular weight is 688 g/mol. The first-order valence-corrected chi connectivity index (χ1v) is 18.9. The Balaban J connectivity index is 1.21. The highest BCUT2D eigenvalue weighted by atomic mass is 16.2. The molecule has 6 aromatic rings. The van der Waals surface area contributed by atoms with Gasteiger partial charge in [0.05, 0.1) is 17.3 Å². The molecule has 2 atom stereocenters. The highest BCUT2D eigenvalue weighted by Crippen LogP contribution is 2.58. The number of carbonyl (C=O) groups is 2. The molecule has 2 unspecified atom stereocenters. The zero-order chi connectivity index (χ0) is 36.2. The molecule has 0 bridgehead atoms. The van der Waals surface area contributed by atoms with E-state index in [-0.39, 0.29) is 39.9 Å². The molecule has 3 heteroatoms. The van der Waals surface area contributed by atoms with Gasteiger partial charge in [-0.15, -0.1) is 0 Å². The van der Waals surface area contributed by atoms with Gasteiger partial charge in [-0.25, -0.2) is 0 Å². The lowest BCUT2D eigenvalue weighted by Crippen LogP contribution is -2.50. The van der Waals surface area contributed by atoms with Gasteiger partial charge in [0.1, 0.15) is 0 Å². The molecular weight excluding hydrogens is 647 g/mol. The van der Waals surface area contributed by atoms with Crippen LogP contribution in [0.5, 0.6) is 0 Å². The van der Waals surface area contributed by atoms with Crippen molar-refractivity contribution in [2.45, 2.75) is 52.0 Å². The van der Waals surface area contributed by atoms with Crippen LogP contribution in [0.25, 0.3) is 44.5 Å². The van der Waals surface area contributed by atoms with Gasteiger partial charge in [-0.1, -0.05) is 137 Å². The van der Waals surface area contributed by atoms with Crippen LogP contribution in [0.1, 0.15) is 66.8 Å². The van der Waals surface area contributed by atoms with Crippen LogP contribution in [0.3, 0.4) is 0 Å². The number of carbonyl (C=O) groups excluding carboxylic acids is 2. The Morgan fingerprint density at radius 3 is 2.06 bits per heavy atom. The van der Waals surface area contributed by atoms with Gasteiger partial charge in [0.15, 0.2) is 11.6 Å². The maximum absolute atomic E-state index is 13.9. The van der Waals surface area contributed by atoms with Crippen molar-refractivity contribution in [2.24, 2.45) is 11.3 Å². The van der Waals surface area contributed by atoms with E-state index in [1.165, 1.54) is 48.9 Å². The molecule has 1 aliphatic heterocycles. The molecule has 0 amide bonds. The smallest absolute Gasteiger partial charge is 0.197 e. The number of Topliss-reactive ketones (excluding diaryl/α,β-unsaturated/α-hetero) is 2. The standard InChI is InChI=1S/C50H41NO2/c1-49(2)42-19-11-17-36-26-35-16-9-10-18-38(35)46(45(36)42)51(37-22-21-31-12-5-6-13-32(31)27-37)44-23-20-30(25-43(44)50(49,3)4)24-41-47(52)39-28-33-14-7-8-15-34(33)29-40(39)48(41)53/h5-21,23-24,26-29,37,43H,22,25H2,1-4H3. The molecule has 0 radical (unpaired) electrons. The molecule has 0 spiro atoms. The second kappa shape index (κ2) is 11.3. The Hall–Kier alpha value is -5.80. The number of allylic oxidation sites excluding steroid dienone is 6. The molecule has 3 aliphatic carbocycles. The summed E-state index contributed by atoms with van der Waals surface area (Å²) in [5, 5.41) is 9.54. The van der Waals surface area contributed by atoms with E-state index in [0.29, 0.717) is 17.5 Å². The molecule has 0 fully saturated rings. The molecule has 0 saturated carbocycles. The topological polar surface area (TPSA) is 37.4 Å². The third-order valence-corrected chi connectivity index (χ3v) is 13.3. The van der Waals surface area contributed by atoms with Crippen molar-refractivity contribution < 1.29 is 9.59 Å². The number of benzene rings is 6. The number of fused-ring (bicyclic) bond motifs is 6. The van der Waals surface area contributed by atoms with Crippen LogP contribution in [-0.2, 0) is 5.41 Å². The van der Waals surface area contributed by atoms with Crippen LogP contribution in [0.15, 0.2) is 144 Å². The molecule has 0 saturated heterocycles. The van der Waals surface area contributed by atoms with E-state index >= 15 is 0 Å². The maximum Gasteiger partial charge on any atom is 0.197 e. The molecule has 0 N–H and O–H groups in total. The van der Waals surface area contributed by atoms with Crippen molar-refractivity contribution in [2.75, 3.05) is 4.90 Å². The fourth-order valence-electron chi connectivity index (χ4n) is 9.71. The Labute approximate surface area is 310 Å². The fourth-order valence-corrected chi connectivity index (χ4v) is 9.71. The van der Waals surface area contributed by atoms with Gasteiger partial charge in [0.2, 0.25) is 0 Å². The first-order valence-electron chi connectivity index (χ1n) is 18.9. The van der Waals surface area contributed by atoms with E-state index in [2.05, 4.69) is 130 Å². The Morgan fingerprint density at radius 2 is 1.32 bits per heavy atom. The SMILES string of the molecule is CC1(C)c2cccc3cc4ccccc4c(c23)N(C2C=c3ccccc3=CC2)C2=CC=C(C=C3C(=O)c4cc5ccccc5cc4C3=O)CC2C1(C)C. The molecule has 3 nitrogen and oxygen atoms in total. The average Bonchev–Trinajstić information content (AvgIpc) is 3.40. The molecule has 6 aromatic carbocycles.